The van der Waals surface area contributed by atoms with Gasteiger partial charge in [-0.15, -0.1) is 6.58 Å². The van der Waals surface area contributed by atoms with E-state index in [1.54, 1.807) is 11.8 Å². The van der Waals surface area contributed by atoms with Crippen LogP contribution in [-0.2, 0) is 4.79 Å². The molecular weight excluding hydrogens is 232 g/mol. The van der Waals surface area contributed by atoms with E-state index in [-0.39, 0.29) is 5.91 Å². The first kappa shape index (κ1) is 14.6. The molecule has 0 saturated carbocycles. The molecule has 1 aliphatic heterocycles. The van der Waals surface area contributed by atoms with Crippen LogP contribution in [0.5, 0.6) is 0 Å². The van der Waals surface area contributed by atoms with Gasteiger partial charge in [-0.05, 0) is 38.3 Å². The van der Waals surface area contributed by atoms with Crippen molar-refractivity contribution in [1.82, 2.24) is 10.6 Å². The minimum atomic E-state index is 0.211. The molecule has 0 aromatic carbocycles. The second kappa shape index (κ2) is 9.54. The molecule has 17 heavy (non-hydrogen) atoms. The van der Waals surface area contributed by atoms with Crippen LogP contribution in [0.1, 0.15) is 25.7 Å². The van der Waals surface area contributed by atoms with Gasteiger partial charge >= 0.3 is 0 Å². The normalized spacial score (nSPS) is 16.7. The fourth-order valence-electron chi connectivity index (χ4n) is 2.02. The third-order valence-electron chi connectivity index (χ3n) is 3.04. The molecule has 0 unspecified atom stereocenters. The summed E-state index contributed by atoms with van der Waals surface area (Å²) in [6.45, 7) is 6.67. The van der Waals surface area contributed by atoms with Crippen molar-refractivity contribution < 1.29 is 4.79 Å². The Morgan fingerprint density at radius 3 is 2.94 bits per heavy atom. The Morgan fingerprint density at radius 2 is 2.24 bits per heavy atom. The Labute approximate surface area is 109 Å². The van der Waals surface area contributed by atoms with Crippen LogP contribution >= 0.6 is 11.8 Å². The highest BCUT2D eigenvalue weighted by molar-refractivity contribution is 7.99. The molecule has 3 nitrogen and oxygen atoms in total. The van der Waals surface area contributed by atoms with Crippen LogP contribution in [0.4, 0.5) is 0 Å². The first-order valence-electron chi connectivity index (χ1n) is 6.49. The Kier molecular flexibility index (Phi) is 8.18. The predicted octanol–water partition coefficient (Wildman–Crippen LogP) is 1.80. The molecule has 0 radical (unpaired) electrons. The lowest BCUT2D eigenvalue weighted by Gasteiger charge is -2.22. The molecule has 1 saturated heterocycles. The smallest absolute Gasteiger partial charge is 0.220 e. The Hall–Kier alpha value is -0.480. The predicted molar refractivity (Wildman–Crippen MR) is 75.4 cm³/mol. The summed E-state index contributed by atoms with van der Waals surface area (Å²) in [5, 5.41) is 6.32. The summed E-state index contributed by atoms with van der Waals surface area (Å²) in [5.74, 6) is 2.90. The number of nitrogens with one attached hydrogen (secondary N) is 2. The maximum Gasteiger partial charge on any atom is 0.220 e. The molecule has 0 spiro atoms. The molecular formula is C13H24N2OS. The van der Waals surface area contributed by atoms with Crippen molar-refractivity contribution in [1.29, 1.82) is 0 Å². The summed E-state index contributed by atoms with van der Waals surface area (Å²) in [6, 6.07) is 0. The van der Waals surface area contributed by atoms with Crippen LogP contribution in [-0.4, -0.2) is 37.0 Å². The molecule has 98 valence electrons. The van der Waals surface area contributed by atoms with Gasteiger partial charge in [0, 0.05) is 24.5 Å². The molecule has 0 aromatic heterocycles. The minimum absolute atomic E-state index is 0.211. The quantitative estimate of drug-likeness (QED) is 0.514. The zero-order valence-electron chi connectivity index (χ0n) is 10.5. The third kappa shape index (κ3) is 7.45. The van der Waals surface area contributed by atoms with Crippen LogP contribution in [0.3, 0.4) is 0 Å². The van der Waals surface area contributed by atoms with Crippen molar-refractivity contribution in [2.75, 3.05) is 31.1 Å². The van der Waals surface area contributed by atoms with Crippen molar-refractivity contribution in [2.24, 2.45) is 5.92 Å². The molecule has 1 amide bonds. The summed E-state index contributed by atoms with van der Waals surface area (Å²) in [5.41, 5.74) is 0. The van der Waals surface area contributed by atoms with E-state index in [9.17, 15) is 4.79 Å². The topological polar surface area (TPSA) is 41.1 Å². The largest absolute Gasteiger partial charge is 0.355 e. The second-order valence-corrected chi connectivity index (χ2v) is 5.60. The fourth-order valence-corrected chi connectivity index (χ4v) is 2.60. The average Bonchev–Trinajstić information content (AvgIpc) is 2.37. The number of carbonyl (C=O) groups is 1. The average molecular weight is 256 g/mol. The minimum Gasteiger partial charge on any atom is -0.355 e. The lowest BCUT2D eigenvalue weighted by Crippen LogP contribution is -2.30. The maximum atomic E-state index is 11.6. The lowest BCUT2D eigenvalue weighted by atomic mass is 9.93. The first-order chi connectivity index (χ1) is 8.33. The van der Waals surface area contributed by atoms with E-state index in [0.29, 0.717) is 6.42 Å². The van der Waals surface area contributed by atoms with Crippen molar-refractivity contribution in [3.63, 3.8) is 0 Å². The monoisotopic (exact) mass is 256 g/mol. The summed E-state index contributed by atoms with van der Waals surface area (Å²) in [4.78, 5) is 11.6. The lowest BCUT2D eigenvalue weighted by molar-refractivity contribution is -0.121. The molecule has 0 aromatic rings. The van der Waals surface area contributed by atoms with Crippen molar-refractivity contribution in [2.45, 2.75) is 25.7 Å². The van der Waals surface area contributed by atoms with Gasteiger partial charge < -0.3 is 10.6 Å². The van der Waals surface area contributed by atoms with Gasteiger partial charge in [0.05, 0.1) is 0 Å². The van der Waals surface area contributed by atoms with Gasteiger partial charge in [0.25, 0.3) is 0 Å². The number of hydrogen-bond donors (Lipinski definition) is 2. The Morgan fingerprint density at radius 1 is 1.47 bits per heavy atom. The van der Waals surface area contributed by atoms with Gasteiger partial charge in [0.1, 0.15) is 0 Å². The number of thioether (sulfide) groups is 1. The summed E-state index contributed by atoms with van der Waals surface area (Å²) in [6.07, 6.45) is 6.08. The number of piperidine rings is 1. The molecule has 1 fully saturated rings. The molecule has 0 bridgehead atoms. The summed E-state index contributed by atoms with van der Waals surface area (Å²) < 4.78 is 0. The van der Waals surface area contributed by atoms with Gasteiger partial charge in [-0.3, -0.25) is 4.79 Å². The zero-order chi connectivity index (χ0) is 12.3. The number of carbonyl (C=O) groups excluding carboxylic acids is 1. The molecule has 0 atom stereocenters. The standard InChI is InChI=1S/C13H24N2OS/c1-2-10-17-11-9-15-13(16)4-3-12-5-7-14-8-6-12/h2,12,14H,1,3-11H2,(H,15,16). The Bertz CT molecular complexity index is 227. The van der Waals surface area contributed by atoms with Gasteiger partial charge in [0.2, 0.25) is 5.91 Å². The van der Waals surface area contributed by atoms with Crippen LogP contribution in [0.15, 0.2) is 12.7 Å². The van der Waals surface area contributed by atoms with Gasteiger partial charge in [-0.1, -0.05) is 6.08 Å². The summed E-state index contributed by atoms with van der Waals surface area (Å²) >= 11 is 1.80. The van der Waals surface area contributed by atoms with E-state index in [1.165, 1.54) is 12.8 Å². The SMILES string of the molecule is C=CCSCCNC(=O)CCC1CCNCC1. The molecule has 1 heterocycles. The van der Waals surface area contributed by atoms with E-state index in [1.807, 2.05) is 6.08 Å². The highest BCUT2D eigenvalue weighted by Gasteiger charge is 2.14. The van der Waals surface area contributed by atoms with Crippen molar-refractivity contribution in [3.8, 4) is 0 Å². The van der Waals surface area contributed by atoms with Crippen LogP contribution in [0, 0.1) is 5.92 Å². The van der Waals surface area contributed by atoms with E-state index >= 15 is 0 Å². The first-order valence-corrected chi connectivity index (χ1v) is 7.64. The molecule has 0 aliphatic carbocycles. The number of hydrogen-bond acceptors (Lipinski definition) is 3. The van der Waals surface area contributed by atoms with Crippen LogP contribution in [0.25, 0.3) is 0 Å². The fraction of sp³-hybridized carbons (Fsp3) is 0.769. The maximum absolute atomic E-state index is 11.6. The highest BCUT2D eigenvalue weighted by atomic mass is 32.2. The van der Waals surface area contributed by atoms with E-state index in [0.717, 1.165) is 43.5 Å². The Balaban J connectivity index is 1.94. The van der Waals surface area contributed by atoms with Crippen molar-refractivity contribution in [3.05, 3.63) is 12.7 Å². The zero-order valence-corrected chi connectivity index (χ0v) is 11.4. The third-order valence-corrected chi connectivity index (χ3v) is 4.01. The van der Waals surface area contributed by atoms with Gasteiger partial charge in [0.15, 0.2) is 0 Å². The van der Waals surface area contributed by atoms with E-state index in [2.05, 4.69) is 17.2 Å². The molecule has 1 rings (SSSR count). The molecule has 4 heteroatoms. The number of rotatable bonds is 8. The van der Waals surface area contributed by atoms with E-state index in [4.69, 9.17) is 0 Å². The van der Waals surface area contributed by atoms with Crippen molar-refractivity contribution >= 4 is 17.7 Å². The molecule has 2 N–H and O–H groups in total. The second-order valence-electron chi connectivity index (χ2n) is 4.45. The number of amides is 1. The van der Waals surface area contributed by atoms with Crippen LogP contribution < -0.4 is 10.6 Å². The summed E-state index contributed by atoms with van der Waals surface area (Å²) in [7, 11) is 0. The van der Waals surface area contributed by atoms with Crippen LogP contribution in [0.2, 0.25) is 0 Å². The van der Waals surface area contributed by atoms with Gasteiger partial charge in [-0.2, -0.15) is 11.8 Å². The molecule has 1 aliphatic rings. The highest BCUT2D eigenvalue weighted by Crippen LogP contribution is 2.17. The van der Waals surface area contributed by atoms with E-state index < -0.39 is 0 Å². The van der Waals surface area contributed by atoms with Gasteiger partial charge in [-0.25, -0.2) is 0 Å².